The average molecular weight is 429 g/mol. The van der Waals surface area contributed by atoms with Crippen molar-refractivity contribution in [1.82, 2.24) is 4.90 Å². The van der Waals surface area contributed by atoms with Crippen molar-refractivity contribution in [1.29, 1.82) is 0 Å². The number of likely N-dealkylation sites (tertiary alicyclic amines) is 1. The Morgan fingerprint density at radius 3 is 2.06 bits per heavy atom. The summed E-state index contributed by atoms with van der Waals surface area (Å²) in [4.78, 5) is 39.6. The molecule has 2 amide bonds. The molecule has 2 aromatic carbocycles. The lowest BCUT2D eigenvalue weighted by molar-refractivity contribution is -0.148. The van der Waals surface area contributed by atoms with E-state index in [1.807, 2.05) is 30.3 Å². The normalized spacial score (nSPS) is 31.3. The summed E-state index contributed by atoms with van der Waals surface area (Å²) in [5, 5.41) is 0. The highest BCUT2D eigenvalue weighted by Gasteiger charge is 2.67. The Morgan fingerprint density at radius 2 is 1.44 bits per heavy atom. The number of ether oxygens (including phenoxy) is 2. The molecule has 6 atom stereocenters. The lowest BCUT2D eigenvalue weighted by Crippen LogP contribution is -2.40. The molecule has 2 bridgehead atoms. The molecule has 5 aliphatic rings. The van der Waals surface area contributed by atoms with Crippen LogP contribution in [0.4, 0.5) is 0 Å². The van der Waals surface area contributed by atoms with Crippen LogP contribution in [-0.2, 0) is 21.0 Å². The van der Waals surface area contributed by atoms with Gasteiger partial charge in [0.1, 0.15) is 24.7 Å². The summed E-state index contributed by atoms with van der Waals surface area (Å²) in [7, 11) is 0. The molecule has 2 saturated carbocycles. The maximum atomic E-state index is 13.0. The molecule has 0 N–H and O–H groups in total. The number of carbonyl (C=O) groups is 3. The van der Waals surface area contributed by atoms with Gasteiger partial charge in [0.05, 0.1) is 11.8 Å². The fourth-order valence-corrected chi connectivity index (χ4v) is 5.81. The first-order chi connectivity index (χ1) is 15.6. The number of benzene rings is 2. The van der Waals surface area contributed by atoms with Gasteiger partial charge in [-0.25, -0.2) is 4.79 Å². The fraction of sp³-hybridized carbons (Fsp3) is 0.346. The minimum atomic E-state index is -0.617. The third-order valence-corrected chi connectivity index (χ3v) is 7.35. The number of rotatable bonds is 6. The number of imide groups is 1. The molecule has 0 spiro atoms. The van der Waals surface area contributed by atoms with Crippen LogP contribution in [0.1, 0.15) is 12.0 Å². The number of amides is 2. The number of carbonyl (C=O) groups excluding carboxylic acids is 3. The van der Waals surface area contributed by atoms with E-state index in [0.717, 1.165) is 16.9 Å². The molecule has 6 nitrogen and oxygen atoms in total. The SMILES string of the molecule is O=C(CN1C(=O)[C@@H]2[C@H]3C=C[C@@H]([C@@H]4C[C@@H]34)[C@@H]2C1=O)Oc1ccc(OCc2ccccc2)cc1. The van der Waals surface area contributed by atoms with Gasteiger partial charge < -0.3 is 9.47 Å². The molecule has 0 radical (unpaired) electrons. The van der Waals surface area contributed by atoms with Crippen molar-refractivity contribution in [2.45, 2.75) is 13.0 Å². The largest absolute Gasteiger partial charge is 0.489 e. The quantitative estimate of drug-likeness (QED) is 0.305. The van der Waals surface area contributed by atoms with Crippen molar-refractivity contribution in [2.75, 3.05) is 6.54 Å². The predicted molar refractivity (Wildman–Crippen MR) is 114 cm³/mol. The van der Waals surface area contributed by atoms with Crippen LogP contribution >= 0.6 is 0 Å². The van der Waals surface area contributed by atoms with Crippen molar-refractivity contribution in [3.05, 3.63) is 72.3 Å². The van der Waals surface area contributed by atoms with Crippen LogP contribution in [0.15, 0.2) is 66.7 Å². The molecule has 32 heavy (non-hydrogen) atoms. The van der Waals surface area contributed by atoms with Gasteiger partial charge in [0.2, 0.25) is 11.8 Å². The van der Waals surface area contributed by atoms with Crippen LogP contribution in [-0.4, -0.2) is 29.2 Å². The van der Waals surface area contributed by atoms with Crippen molar-refractivity contribution >= 4 is 17.8 Å². The van der Waals surface area contributed by atoms with Crippen molar-refractivity contribution in [2.24, 2.45) is 35.5 Å². The Morgan fingerprint density at radius 1 is 0.844 bits per heavy atom. The summed E-state index contributed by atoms with van der Waals surface area (Å²) in [6.45, 7) is 0.103. The Balaban J connectivity index is 1.06. The second kappa shape index (κ2) is 7.33. The Hall–Kier alpha value is -3.41. The van der Waals surface area contributed by atoms with Crippen molar-refractivity contribution in [3.63, 3.8) is 0 Å². The molecular weight excluding hydrogens is 406 g/mol. The average Bonchev–Trinajstić information content (AvgIpc) is 3.60. The van der Waals surface area contributed by atoms with Crippen LogP contribution in [0.2, 0.25) is 0 Å². The summed E-state index contributed by atoms with van der Waals surface area (Å²) in [5.41, 5.74) is 1.06. The maximum absolute atomic E-state index is 13.0. The van der Waals surface area contributed by atoms with E-state index >= 15 is 0 Å². The number of esters is 1. The van der Waals surface area contributed by atoms with Gasteiger partial charge in [-0.2, -0.15) is 0 Å². The lowest BCUT2D eigenvalue weighted by Gasteiger charge is -2.37. The molecule has 0 aromatic heterocycles. The third kappa shape index (κ3) is 3.13. The second-order valence-electron chi connectivity index (χ2n) is 9.14. The second-order valence-corrected chi connectivity index (χ2v) is 9.14. The van der Waals surface area contributed by atoms with E-state index in [-0.39, 0.29) is 42.0 Å². The Labute approximate surface area is 185 Å². The molecule has 1 aliphatic heterocycles. The van der Waals surface area contributed by atoms with Crippen LogP contribution in [0.5, 0.6) is 11.5 Å². The molecule has 6 heteroatoms. The van der Waals surface area contributed by atoms with E-state index in [4.69, 9.17) is 9.47 Å². The van der Waals surface area contributed by atoms with Gasteiger partial charge in [0.15, 0.2) is 0 Å². The van der Waals surface area contributed by atoms with Crippen molar-refractivity contribution < 1.29 is 23.9 Å². The standard InChI is InChI=1S/C26H23NO5/c28-22(32-17-8-6-16(7-9-17)31-14-15-4-2-1-3-5-15)13-27-25(29)23-18-10-11-19(21-12-20(18)21)24(23)26(27)30/h1-11,18-21,23-24H,12-14H2/t18-,19-,20-,21-,23-,24+/m0/s1. The van der Waals surface area contributed by atoms with Crippen LogP contribution in [0.25, 0.3) is 0 Å². The van der Waals surface area contributed by atoms with Gasteiger partial charge in [-0.05, 0) is 59.9 Å². The number of hydrogen-bond donors (Lipinski definition) is 0. The smallest absolute Gasteiger partial charge is 0.331 e. The van der Waals surface area contributed by atoms with Gasteiger partial charge in [-0.15, -0.1) is 0 Å². The summed E-state index contributed by atoms with van der Waals surface area (Å²) in [5.74, 6) is 0.740. The van der Waals surface area contributed by atoms with E-state index in [1.54, 1.807) is 24.3 Å². The zero-order chi connectivity index (χ0) is 21.8. The highest BCUT2D eigenvalue weighted by molar-refractivity contribution is 6.08. The minimum Gasteiger partial charge on any atom is -0.489 e. The summed E-state index contributed by atoms with van der Waals surface area (Å²) in [6, 6.07) is 16.6. The zero-order valence-electron chi connectivity index (χ0n) is 17.4. The van der Waals surface area contributed by atoms with Crippen LogP contribution in [0.3, 0.4) is 0 Å². The molecule has 0 unspecified atom stereocenters. The minimum absolute atomic E-state index is 0.149. The van der Waals surface area contributed by atoms with E-state index in [9.17, 15) is 14.4 Å². The molecule has 1 saturated heterocycles. The molecular formula is C26H23NO5. The number of nitrogens with zero attached hydrogens (tertiary/aromatic N) is 1. The first-order valence-corrected chi connectivity index (χ1v) is 11.1. The molecule has 162 valence electrons. The third-order valence-electron chi connectivity index (χ3n) is 7.35. The highest BCUT2D eigenvalue weighted by atomic mass is 16.5. The van der Waals surface area contributed by atoms with Crippen molar-refractivity contribution in [3.8, 4) is 11.5 Å². The Kier molecular flexibility index (Phi) is 4.42. The molecule has 7 rings (SSSR count). The molecule has 3 fully saturated rings. The van der Waals surface area contributed by atoms with Gasteiger partial charge in [-0.1, -0.05) is 42.5 Å². The molecule has 4 aliphatic carbocycles. The summed E-state index contributed by atoms with van der Waals surface area (Å²) < 4.78 is 11.1. The van der Waals surface area contributed by atoms with E-state index in [2.05, 4.69) is 12.2 Å². The first-order valence-electron chi connectivity index (χ1n) is 11.1. The van der Waals surface area contributed by atoms with E-state index < -0.39 is 5.97 Å². The van der Waals surface area contributed by atoms with Gasteiger partial charge in [0.25, 0.3) is 0 Å². The number of allylic oxidation sites excluding steroid dienone is 2. The topological polar surface area (TPSA) is 72.9 Å². The summed E-state index contributed by atoms with van der Waals surface area (Å²) >= 11 is 0. The molecule has 2 aromatic rings. The maximum Gasteiger partial charge on any atom is 0.331 e. The fourth-order valence-electron chi connectivity index (χ4n) is 5.81. The predicted octanol–water partition coefficient (Wildman–Crippen LogP) is 3.22. The van der Waals surface area contributed by atoms with Gasteiger partial charge in [-0.3, -0.25) is 14.5 Å². The summed E-state index contributed by atoms with van der Waals surface area (Å²) in [6.07, 6.45) is 5.35. The molecule has 1 heterocycles. The van der Waals surface area contributed by atoms with E-state index in [0.29, 0.717) is 29.9 Å². The van der Waals surface area contributed by atoms with Crippen LogP contribution in [0, 0.1) is 35.5 Å². The zero-order valence-corrected chi connectivity index (χ0v) is 17.4. The lowest BCUT2D eigenvalue weighted by atomic mass is 9.63. The monoisotopic (exact) mass is 429 g/mol. The Bertz CT molecular complexity index is 1070. The number of hydrogen-bond acceptors (Lipinski definition) is 5. The first kappa shape index (κ1) is 19.3. The van der Waals surface area contributed by atoms with Crippen LogP contribution < -0.4 is 9.47 Å². The van der Waals surface area contributed by atoms with E-state index in [1.165, 1.54) is 0 Å². The van der Waals surface area contributed by atoms with Gasteiger partial charge in [0, 0.05) is 0 Å². The van der Waals surface area contributed by atoms with Gasteiger partial charge >= 0.3 is 5.97 Å². The highest BCUT2D eigenvalue weighted by Crippen LogP contribution is 2.65.